The zero-order valence-corrected chi connectivity index (χ0v) is 19.8. The average molecular weight is 423 g/mol. The van der Waals surface area contributed by atoms with Gasteiger partial charge in [0.15, 0.2) is 0 Å². The number of benzene rings is 1. The van der Waals surface area contributed by atoms with E-state index in [1.165, 1.54) is 48.0 Å². The Kier molecular flexibility index (Phi) is 9.09. The first-order valence-electron chi connectivity index (χ1n) is 9.18. The maximum absolute atomic E-state index is 13.2. The Bertz CT molecular complexity index is 544. The predicted octanol–water partition coefficient (Wildman–Crippen LogP) is 5.55. The van der Waals surface area contributed by atoms with Crippen molar-refractivity contribution in [2.24, 2.45) is 0 Å². The van der Waals surface area contributed by atoms with Crippen LogP contribution in [0.3, 0.4) is 0 Å². The van der Waals surface area contributed by atoms with Crippen molar-refractivity contribution in [2.45, 2.75) is 66.0 Å². The summed E-state index contributed by atoms with van der Waals surface area (Å²) < 4.78 is 0. The number of hydrogen-bond donors (Lipinski definition) is 1. The van der Waals surface area contributed by atoms with Gasteiger partial charge in [-0.2, -0.15) is 0 Å². The van der Waals surface area contributed by atoms with E-state index < -0.39 is 7.26 Å². The van der Waals surface area contributed by atoms with Crippen molar-refractivity contribution in [3.05, 3.63) is 28.8 Å². The standard InChI is InChI=1S/C20H32NOP.Y/c1-6-10-18(23(7-2)11-8-9-12-23)20(22)21-19-16(4)13-15(3)14-17(19)5;/h13-14,18H,6-12H2,1-5H3;/p+1. The van der Waals surface area contributed by atoms with Gasteiger partial charge in [-0.3, -0.25) is 4.79 Å². The van der Waals surface area contributed by atoms with Crippen molar-refractivity contribution in [1.29, 1.82) is 0 Å². The van der Waals surface area contributed by atoms with Crippen molar-refractivity contribution >= 4 is 18.9 Å². The van der Waals surface area contributed by atoms with E-state index in [1.807, 2.05) is 0 Å². The van der Waals surface area contributed by atoms with Gasteiger partial charge in [0.1, 0.15) is 5.66 Å². The molecule has 1 aliphatic heterocycles. The minimum absolute atomic E-state index is 0. The second-order valence-electron chi connectivity index (χ2n) is 7.26. The van der Waals surface area contributed by atoms with Gasteiger partial charge in [-0.15, -0.1) is 0 Å². The molecule has 1 saturated heterocycles. The Hall–Kier alpha value is 0.224. The maximum Gasteiger partial charge on any atom is 0.265 e. The van der Waals surface area contributed by atoms with Gasteiger partial charge in [-0.25, -0.2) is 0 Å². The molecule has 1 unspecified atom stereocenters. The van der Waals surface area contributed by atoms with Crippen molar-refractivity contribution in [3.63, 3.8) is 0 Å². The molecule has 0 aliphatic carbocycles. The van der Waals surface area contributed by atoms with E-state index in [0.717, 1.165) is 18.5 Å². The molecule has 0 spiro atoms. The van der Waals surface area contributed by atoms with Gasteiger partial charge in [-0.1, -0.05) is 31.0 Å². The minimum Gasteiger partial charge on any atom is -0.322 e. The molecule has 1 radical (unpaired) electrons. The molecule has 1 aliphatic rings. The number of hydrogen-bond acceptors (Lipinski definition) is 1. The average Bonchev–Trinajstić information content (AvgIpc) is 2.98. The van der Waals surface area contributed by atoms with Gasteiger partial charge >= 0.3 is 0 Å². The van der Waals surface area contributed by atoms with Crippen LogP contribution < -0.4 is 5.32 Å². The molecular weight excluding hydrogens is 390 g/mol. The van der Waals surface area contributed by atoms with E-state index in [0.29, 0.717) is 5.91 Å². The fourth-order valence-electron chi connectivity index (χ4n) is 4.32. The summed E-state index contributed by atoms with van der Waals surface area (Å²) >= 11 is 0. The zero-order chi connectivity index (χ0) is 17.0. The van der Waals surface area contributed by atoms with Crippen LogP contribution in [0.4, 0.5) is 5.69 Å². The fourth-order valence-corrected chi connectivity index (χ4v) is 9.32. The van der Waals surface area contributed by atoms with E-state index in [-0.39, 0.29) is 38.4 Å². The minimum atomic E-state index is -1.10. The van der Waals surface area contributed by atoms with Gasteiger partial charge in [0.05, 0.1) is 18.5 Å². The molecule has 1 aromatic rings. The number of carbonyl (C=O) groups excluding carboxylic acids is 1. The van der Waals surface area contributed by atoms with Gasteiger partial charge in [0.2, 0.25) is 0 Å². The monoisotopic (exact) mass is 423 g/mol. The van der Waals surface area contributed by atoms with Gasteiger partial charge in [-0.05, 0) is 58.1 Å². The third-order valence-corrected chi connectivity index (χ3v) is 11.0. The quantitative estimate of drug-likeness (QED) is 0.598. The molecule has 1 heterocycles. The Morgan fingerprint density at radius 1 is 1.12 bits per heavy atom. The zero-order valence-electron chi connectivity index (χ0n) is 16.1. The number of nitrogens with one attached hydrogen (secondary N) is 1. The summed E-state index contributed by atoms with van der Waals surface area (Å²) in [6, 6.07) is 4.33. The van der Waals surface area contributed by atoms with Crippen LogP contribution in [-0.2, 0) is 37.5 Å². The molecule has 1 N–H and O–H groups in total. The Balaban J connectivity index is 0.00000288. The SMILES string of the molecule is CCCC(C(=O)Nc1c(C)cc(C)cc1C)[P+]1(CC)CCCC1.[Y]. The summed E-state index contributed by atoms with van der Waals surface area (Å²) in [6.07, 6.45) is 8.70. The molecular formula is C20H33NOPY+. The second-order valence-corrected chi connectivity index (χ2v) is 11.8. The Morgan fingerprint density at radius 2 is 1.67 bits per heavy atom. The van der Waals surface area contributed by atoms with E-state index in [9.17, 15) is 4.79 Å². The summed E-state index contributed by atoms with van der Waals surface area (Å²) in [6.45, 7) is 10.8. The molecule has 0 aromatic heterocycles. The van der Waals surface area contributed by atoms with Crippen LogP contribution in [0.5, 0.6) is 0 Å². The molecule has 24 heavy (non-hydrogen) atoms. The number of carbonyl (C=O) groups is 1. The molecule has 131 valence electrons. The van der Waals surface area contributed by atoms with Crippen LogP contribution in [-0.4, -0.2) is 30.1 Å². The molecule has 1 fully saturated rings. The van der Waals surface area contributed by atoms with Crippen LogP contribution in [0.2, 0.25) is 0 Å². The largest absolute Gasteiger partial charge is 0.322 e. The van der Waals surface area contributed by atoms with Crippen molar-refractivity contribution in [2.75, 3.05) is 23.8 Å². The summed E-state index contributed by atoms with van der Waals surface area (Å²) in [4.78, 5) is 13.2. The molecule has 1 amide bonds. The molecule has 0 bridgehead atoms. The molecule has 2 nitrogen and oxygen atoms in total. The van der Waals surface area contributed by atoms with Crippen LogP contribution in [0.25, 0.3) is 0 Å². The van der Waals surface area contributed by atoms with Gasteiger partial charge < -0.3 is 5.32 Å². The summed E-state index contributed by atoms with van der Waals surface area (Å²) in [5.74, 6) is 0.291. The summed E-state index contributed by atoms with van der Waals surface area (Å²) in [7, 11) is -1.10. The van der Waals surface area contributed by atoms with Crippen molar-refractivity contribution in [3.8, 4) is 0 Å². The van der Waals surface area contributed by atoms with Crippen molar-refractivity contribution in [1.82, 2.24) is 0 Å². The van der Waals surface area contributed by atoms with Gasteiger partial charge in [0, 0.05) is 45.7 Å². The summed E-state index contributed by atoms with van der Waals surface area (Å²) in [5, 5.41) is 3.32. The smallest absolute Gasteiger partial charge is 0.265 e. The maximum atomic E-state index is 13.2. The third kappa shape index (κ3) is 4.89. The molecule has 1 atom stereocenters. The first-order chi connectivity index (χ1) is 10.9. The predicted molar refractivity (Wildman–Crippen MR) is 104 cm³/mol. The number of anilines is 1. The number of amides is 1. The van der Waals surface area contributed by atoms with Crippen LogP contribution in [0, 0.1) is 20.8 Å². The van der Waals surface area contributed by atoms with Crippen LogP contribution in [0.1, 0.15) is 56.2 Å². The first-order valence-corrected chi connectivity index (χ1v) is 11.6. The van der Waals surface area contributed by atoms with Gasteiger partial charge in [0.25, 0.3) is 5.91 Å². The molecule has 0 saturated carbocycles. The topological polar surface area (TPSA) is 29.1 Å². The Labute approximate surface area is 174 Å². The van der Waals surface area contributed by atoms with E-state index in [2.05, 4.69) is 52.1 Å². The molecule has 4 heteroatoms. The first kappa shape index (κ1) is 22.3. The molecule has 1 aromatic carbocycles. The summed E-state index contributed by atoms with van der Waals surface area (Å²) in [5.41, 5.74) is 4.93. The molecule has 2 rings (SSSR count). The number of rotatable bonds is 6. The van der Waals surface area contributed by atoms with Crippen LogP contribution in [0.15, 0.2) is 12.1 Å². The van der Waals surface area contributed by atoms with Crippen molar-refractivity contribution < 1.29 is 37.5 Å². The third-order valence-electron chi connectivity index (χ3n) is 5.54. The van der Waals surface area contributed by atoms with E-state index >= 15 is 0 Å². The van der Waals surface area contributed by atoms with E-state index in [4.69, 9.17) is 0 Å². The normalized spacial score (nSPS) is 17.2. The van der Waals surface area contributed by atoms with Crippen LogP contribution >= 0.6 is 7.26 Å². The second kappa shape index (κ2) is 9.79. The Morgan fingerprint density at radius 3 is 2.12 bits per heavy atom. The fraction of sp³-hybridized carbons (Fsp3) is 0.650. The van der Waals surface area contributed by atoms with E-state index in [1.54, 1.807) is 0 Å². The number of aryl methyl sites for hydroxylation is 3.